The quantitative estimate of drug-likeness (QED) is 0.567. The zero-order valence-electron chi connectivity index (χ0n) is 9.40. The molecule has 16 heavy (non-hydrogen) atoms. The Morgan fingerprint density at radius 3 is 2.56 bits per heavy atom. The van der Waals surface area contributed by atoms with Crippen LogP contribution in [0, 0.1) is 6.92 Å². The first-order valence-corrected chi connectivity index (χ1v) is 4.95. The van der Waals surface area contributed by atoms with Crippen molar-refractivity contribution in [1.29, 1.82) is 0 Å². The van der Waals surface area contributed by atoms with Gasteiger partial charge in [-0.3, -0.25) is 0 Å². The number of hydrogen-bond acceptors (Lipinski definition) is 3. The van der Waals surface area contributed by atoms with Gasteiger partial charge in [-0.25, -0.2) is 0 Å². The molecular weight excluding hydrogens is 247 g/mol. The highest BCUT2D eigenvalue weighted by Gasteiger charge is 1.99. The van der Waals surface area contributed by atoms with E-state index in [2.05, 4.69) is 5.32 Å². The minimum Gasteiger partial charge on any atom is -0.397 e. The van der Waals surface area contributed by atoms with Crippen molar-refractivity contribution in [2.75, 3.05) is 24.2 Å². The van der Waals surface area contributed by atoms with Crippen LogP contribution in [0.5, 0.6) is 0 Å². The maximum absolute atomic E-state index is 8.61. The number of nitrogens with two attached hydrogens (primary N) is 1. The average molecular weight is 267 g/mol. The molecule has 0 saturated carbocycles. The molecule has 0 spiro atoms. The summed E-state index contributed by atoms with van der Waals surface area (Å²) in [6.07, 6.45) is 1.79. The van der Waals surface area contributed by atoms with Crippen molar-refractivity contribution in [3.8, 4) is 0 Å². The van der Waals surface area contributed by atoms with Gasteiger partial charge in [-0.15, -0.1) is 24.8 Å². The number of para-hydroxylation sites is 1. The summed E-state index contributed by atoms with van der Waals surface area (Å²) in [6.45, 7) is 3.10. The van der Waals surface area contributed by atoms with Gasteiger partial charge >= 0.3 is 0 Å². The zero-order valence-corrected chi connectivity index (χ0v) is 11.0. The summed E-state index contributed by atoms with van der Waals surface area (Å²) in [7, 11) is 0. The normalized spacial score (nSPS) is 8.88. The van der Waals surface area contributed by atoms with E-state index in [0.29, 0.717) is 0 Å². The molecule has 0 amide bonds. The van der Waals surface area contributed by atoms with E-state index in [1.807, 2.05) is 25.1 Å². The monoisotopic (exact) mass is 266 g/mol. The van der Waals surface area contributed by atoms with Gasteiger partial charge in [-0.1, -0.05) is 12.1 Å². The Morgan fingerprint density at radius 2 is 1.94 bits per heavy atom. The molecule has 0 radical (unpaired) electrons. The van der Waals surface area contributed by atoms with Gasteiger partial charge in [0.15, 0.2) is 0 Å². The lowest BCUT2D eigenvalue weighted by molar-refractivity contribution is 0.286. The Kier molecular flexibility index (Phi) is 10.6. The third kappa shape index (κ3) is 5.45. The molecule has 3 nitrogen and oxygen atoms in total. The molecule has 0 aliphatic rings. The van der Waals surface area contributed by atoms with Gasteiger partial charge in [0.1, 0.15) is 0 Å². The van der Waals surface area contributed by atoms with E-state index < -0.39 is 0 Å². The predicted molar refractivity (Wildman–Crippen MR) is 74.9 cm³/mol. The Bertz CT molecular complexity index is 295. The Labute approximate surface area is 109 Å². The number of aliphatic hydroxyl groups is 1. The fraction of sp³-hybridized carbons (Fsp3) is 0.455. The molecule has 0 aromatic heterocycles. The van der Waals surface area contributed by atoms with Crippen LogP contribution >= 0.6 is 24.8 Å². The summed E-state index contributed by atoms with van der Waals surface area (Å²) >= 11 is 0. The largest absolute Gasteiger partial charge is 0.397 e. The number of aryl methyl sites for hydroxylation is 1. The number of nitrogen functional groups attached to an aromatic ring is 1. The molecule has 0 fully saturated rings. The molecule has 1 aromatic carbocycles. The molecular formula is C11H20Cl2N2O. The first-order chi connectivity index (χ1) is 6.75. The van der Waals surface area contributed by atoms with E-state index in [-0.39, 0.29) is 31.4 Å². The maximum atomic E-state index is 8.61. The van der Waals surface area contributed by atoms with E-state index in [0.717, 1.165) is 36.3 Å². The van der Waals surface area contributed by atoms with Crippen LogP contribution in [0.25, 0.3) is 0 Å². The van der Waals surface area contributed by atoms with E-state index >= 15 is 0 Å². The molecule has 0 heterocycles. The highest BCUT2D eigenvalue weighted by atomic mass is 35.5. The van der Waals surface area contributed by atoms with Crippen LogP contribution < -0.4 is 11.1 Å². The van der Waals surface area contributed by atoms with Crippen molar-refractivity contribution in [3.63, 3.8) is 0 Å². The minimum absolute atomic E-state index is 0. The van der Waals surface area contributed by atoms with Gasteiger partial charge in [-0.2, -0.15) is 0 Å². The standard InChI is InChI=1S/C11H18N2O.2ClH/c1-9-5-4-6-10(11(9)12)13-7-2-3-8-14;;/h4-6,13-14H,2-3,7-8,12H2,1H3;2*1H. The number of benzene rings is 1. The molecule has 4 N–H and O–H groups in total. The van der Waals surface area contributed by atoms with Crippen molar-refractivity contribution in [2.24, 2.45) is 0 Å². The number of hydrogen-bond donors (Lipinski definition) is 3. The lowest BCUT2D eigenvalue weighted by atomic mass is 10.1. The van der Waals surface area contributed by atoms with Crippen LogP contribution in [0.4, 0.5) is 11.4 Å². The van der Waals surface area contributed by atoms with E-state index in [1.54, 1.807) is 0 Å². The summed E-state index contributed by atoms with van der Waals surface area (Å²) in [5, 5.41) is 11.9. The highest BCUT2D eigenvalue weighted by Crippen LogP contribution is 2.21. The summed E-state index contributed by atoms with van der Waals surface area (Å²) in [6, 6.07) is 5.95. The van der Waals surface area contributed by atoms with Gasteiger partial charge in [-0.05, 0) is 31.4 Å². The van der Waals surface area contributed by atoms with Crippen molar-refractivity contribution in [2.45, 2.75) is 19.8 Å². The summed E-state index contributed by atoms with van der Waals surface area (Å²) < 4.78 is 0. The fourth-order valence-corrected chi connectivity index (χ4v) is 1.29. The second-order valence-electron chi connectivity index (χ2n) is 3.39. The first kappa shape index (κ1) is 17.7. The SMILES string of the molecule is Cc1cccc(NCCCCO)c1N.Cl.Cl. The predicted octanol–water partition coefficient (Wildman–Crippen LogP) is 2.61. The van der Waals surface area contributed by atoms with Gasteiger partial charge in [0.2, 0.25) is 0 Å². The van der Waals surface area contributed by atoms with Gasteiger partial charge < -0.3 is 16.2 Å². The van der Waals surface area contributed by atoms with Gasteiger partial charge in [0.05, 0.1) is 11.4 Å². The van der Waals surface area contributed by atoms with Crippen LogP contribution in [0.1, 0.15) is 18.4 Å². The molecule has 0 aliphatic carbocycles. The maximum Gasteiger partial charge on any atom is 0.0579 e. The second-order valence-corrected chi connectivity index (χ2v) is 3.39. The first-order valence-electron chi connectivity index (χ1n) is 4.95. The Balaban J connectivity index is 0. The van der Waals surface area contributed by atoms with Crippen molar-refractivity contribution >= 4 is 36.2 Å². The lowest BCUT2D eigenvalue weighted by Gasteiger charge is -2.10. The van der Waals surface area contributed by atoms with E-state index in [9.17, 15) is 0 Å². The number of unbranched alkanes of at least 4 members (excludes halogenated alkanes) is 1. The van der Waals surface area contributed by atoms with Crippen LogP contribution in [0.15, 0.2) is 18.2 Å². The third-order valence-electron chi connectivity index (χ3n) is 2.22. The van der Waals surface area contributed by atoms with Gasteiger partial charge in [0, 0.05) is 13.2 Å². The smallest absolute Gasteiger partial charge is 0.0579 e. The summed E-state index contributed by atoms with van der Waals surface area (Å²) in [5.41, 5.74) is 8.79. The van der Waals surface area contributed by atoms with E-state index in [4.69, 9.17) is 10.8 Å². The number of nitrogens with one attached hydrogen (secondary N) is 1. The summed E-state index contributed by atoms with van der Waals surface area (Å²) in [5.74, 6) is 0. The van der Waals surface area contributed by atoms with Gasteiger partial charge in [0.25, 0.3) is 0 Å². The fourth-order valence-electron chi connectivity index (χ4n) is 1.29. The van der Waals surface area contributed by atoms with E-state index in [1.165, 1.54) is 0 Å². The Hall–Kier alpha value is -0.640. The molecule has 0 atom stereocenters. The average Bonchev–Trinajstić information content (AvgIpc) is 2.19. The summed E-state index contributed by atoms with van der Waals surface area (Å²) in [4.78, 5) is 0. The van der Waals surface area contributed by atoms with Crippen molar-refractivity contribution < 1.29 is 5.11 Å². The second kappa shape index (κ2) is 9.58. The number of halogens is 2. The minimum atomic E-state index is 0. The molecule has 0 bridgehead atoms. The van der Waals surface area contributed by atoms with Crippen LogP contribution in [-0.4, -0.2) is 18.3 Å². The number of rotatable bonds is 5. The highest BCUT2D eigenvalue weighted by molar-refractivity contribution is 5.85. The Morgan fingerprint density at radius 1 is 1.25 bits per heavy atom. The third-order valence-corrected chi connectivity index (χ3v) is 2.22. The number of anilines is 2. The van der Waals surface area contributed by atoms with Crippen LogP contribution in [-0.2, 0) is 0 Å². The van der Waals surface area contributed by atoms with Crippen molar-refractivity contribution in [3.05, 3.63) is 23.8 Å². The molecule has 0 aliphatic heterocycles. The molecule has 0 saturated heterocycles. The van der Waals surface area contributed by atoms with Crippen molar-refractivity contribution in [1.82, 2.24) is 0 Å². The molecule has 5 heteroatoms. The molecule has 1 aromatic rings. The molecule has 0 unspecified atom stereocenters. The zero-order chi connectivity index (χ0) is 10.4. The molecule has 94 valence electrons. The lowest BCUT2D eigenvalue weighted by Crippen LogP contribution is -2.05. The van der Waals surface area contributed by atoms with Crippen LogP contribution in [0.2, 0.25) is 0 Å². The van der Waals surface area contributed by atoms with Crippen LogP contribution in [0.3, 0.4) is 0 Å². The number of aliphatic hydroxyl groups excluding tert-OH is 1. The topological polar surface area (TPSA) is 58.3 Å². The molecule has 1 rings (SSSR count).